The Labute approximate surface area is 179 Å². The van der Waals surface area contributed by atoms with E-state index in [0.29, 0.717) is 16.7 Å². The van der Waals surface area contributed by atoms with Crippen LogP contribution in [0.25, 0.3) is 0 Å². The van der Waals surface area contributed by atoms with Crippen LogP contribution in [-0.2, 0) is 0 Å². The lowest BCUT2D eigenvalue weighted by Crippen LogP contribution is -2.45. The molecule has 0 spiro atoms. The first-order valence-electron chi connectivity index (χ1n) is 12.5. The molecule has 1 heteroatoms. The summed E-state index contributed by atoms with van der Waals surface area (Å²) in [5.74, 6) is 3.15. The van der Waals surface area contributed by atoms with E-state index in [-0.39, 0.29) is 6.10 Å². The van der Waals surface area contributed by atoms with Crippen molar-refractivity contribution in [3.8, 4) is 0 Å². The Morgan fingerprint density at radius 1 is 1.10 bits per heavy atom. The van der Waals surface area contributed by atoms with Crippen LogP contribution in [0.4, 0.5) is 0 Å². The zero-order valence-electron chi connectivity index (χ0n) is 19.6. The molecule has 0 saturated heterocycles. The maximum atomic E-state index is 10.2. The van der Waals surface area contributed by atoms with Crippen molar-refractivity contribution >= 4 is 0 Å². The van der Waals surface area contributed by atoms with Gasteiger partial charge in [0.25, 0.3) is 0 Å². The molecule has 29 heavy (non-hydrogen) atoms. The van der Waals surface area contributed by atoms with Crippen molar-refractivity contribution in [3.63, 3.8) is 0 Å². The van der Waals surface area contributed by atoms with Crippen LogP contribution in [0.2, 0.25) is 0 Å². The van der Waals surface area contributed by atoms with Gasteiger partial charge in [-0.1, -0.05) is 62.6 Å². The summed E-state index contributed by atoms with van der Waals surface area (Å²) in [6.45, 7) is 12.0. The average Bonchev–Trinajstić information content (AvgIpc) is 3.02. The standard InChI is InChI=1S/C28H44O/c1-6-20(19(2)3)8-7-9-21-11-13-25-24-12-10-22-18-23(29)14-16-28(22,5)26(24)15-17-27(21,25)4/h6,10,12,19,21,23,25-26,29H,7-9,11,13-18H2,1-5H3/b20-6-. The van der Waals surface area contributed by atoms with Gasteiger partial charge in [-0.3, -0.25) is 0 Å². The van der Waals surface area contributed by atoms with Crippen LogP contribution >= 0.6 is 0 Å². The topological polar surface area (TPSA) is 20.2 Å². The second-order valence-electron chi connectivity index (χ2n) is 11.5. The quantitative estimate of drug-likeness (QED) is 0.474. The Hall–Kier alpha value is -0.820. The second kappa shape index (κ2) is 8.03. The summed E-state index contributed by atoms with van der Waals surface area (Å²) in [5, 5.41) is 10.2. The van der Waals surface area contributed by atoms with Crippen molar-refractivity contribution in [1.29, 1.82) is 0 Å². The number of fused-ring (bicyclic) bond motifs is 5. The van der Waals surface area contributed by atoms with Crippen LogP contribution < -0.4 is 0 Å². The van der Waals surface area contributed by atoms with E-state index in [0.717, 1.165) is 30.6 Å². The van der Waals surface area contributed by atoms with Gasteiger partial charge in [-0.15, -0.1) is 0 Å². The highest BCUT2D eigenvalue weighted by molar-refractivity contribution is 5.38. The first kappa shape index (κ1) is 21.4. The van der Waals surface area contributed by atoms with E-state index in [1.165, 1.54) is 56.9 Å². The van der Waals surface area contributed by atoms with Gasteiger partial charge in [0.15, 0.2) is 0 Å². The summed E-state index contributed by atoms with van der Waals surface area (Å²) in [4.78, 5) is 0. The molecule has 1 nitrogen and oxygen atoms in total. The number of aliphatic hydroxyl groups is 1. The van der Waals surface area contributed by atoms with Gasteiger partial charge >= 0.3 is 0 Å². The Bertz CT molecular complexity index is 710. The van der Waals surface area contributed by atoms with Crippen molar-refractivity contribution in [1.82, 2.24) is 0 Å². The van der Waals surface area contributed by atoms with Crippen molar-refractivity contribution in [3.05, 3.63) is 34.9 Å². The van der Waals surface area contributed by atoms with E-state index in [9.17, 15) is 5.11 Å². The van der Waals surface area contributed by atoms with E-state index in [1.807, 2.05) is 0 Å². The third-order valence-electron chi connectivity index (χ3n) is 9.87. The molecular formula is C28H44O. The molecule has 0 amide bonds. The predicted octanol–water partition coefficient (Wildman–Crippen LogP) is 7.62. The molecule has 4 aliphatic rings. The highest BCUT2D eigenvalue weighted by atomic mass is 16.3. The molecule has 4 aliphatic carbocycles. The summed E-state index contributed by atoms with van der Waals surface area (Å²) in [5.41, 5.74) is 5.82. The highest BCUT2D eigenvalue weighted by Gasteiger charge is 2.55. The van der Waals surface area contributed by atoms with Crippen LogP contribution in [0.1, 0.15) is 98.8 Å². The zero-order chi connectivity index (χ0) is 20.8. The molecule has 0 radical (unpaired) electrons. The van der Waals surface area contributed by atoms with Crippen molar-refractivity contribution in [2.45, 2.75) is 105 Å². The molecule has 162 valence electrons. The summed E-state index contributed by atoms with van der Waals surface area (Å²) in [6.07, 6.45) is 20.0. The van der Waals surface area contributed by atoms with Crippen molar-refractivity contribution in [2.75, 3.05) is 0 Å². The number of hydrogen-bond acceptors (Lipinski definition) is 1. The van der Waals surface area contributed by atoms with Gasteiger partial charge in [0.05, 0.1) is 6.10 Å². The van der Waals surface area contributed by atoms with Gasteiger partial charge < -0.3 is 5.11 Å². The Morgan fingerprint density at radius 2 is 1.90 bits per heavy atom. The molecular weight excluding hydrogens is 352 g/mol. The number of allylic oxidation sites excluding steroid dienone is 5. The molecule has 4 rings (SSSR count). The summed E-state index contributed by atoms with van der Waals surface area (Å²) >= 11 is 0. The highest BCUT2D eigenvalue weighted by Crippen LogP contribution is 2.65. The third kappa shape index (κ3) is 3.60. The van der Waals surface area contributed by atoms with E-state index < -0.39 is 0 Å². The maximum absolute atomic E-state index is 10.2. The maximum Gasteiger partial charge on any atom is 0.0578 e. The van der Waals surface area contributed by atoms with Gasteiger partial charge in [-0.25, -0.2) is 0 Å². The molecule has 1 N–H and O–H groups in total. The first-order chi connectivity index (χ1) is 13.8. The first-order valence-corrected chi connectivity index (χ1v) is 12.5. The fourth-order valence-corrected chi connectivity index (χ4v) is 7.88. The van der Waals surface area contributed by atoms with Crippen LogP contribution in [0, 0.1) is 34.5 Å². The molecule has 0 aromatic carbocycles. The molecule has 0 bridgehead atoms. The lowest BCUT2D eigenvalue weighted by molar-refractivity contribution is 0.0430. The number of hydrogen-bond donors (Lipinski definition) is 1. The van der Waals surface area contributed by atoms with Gasteiger partial charge in [-0.2, -0.15) is 0 Å². The lowest BCUT2D eigenvalue weighted by atomic mass is 9.50. The number of aliphatic hydroxyl groups excluding tert-OH is 1. The van der Waals surface area contributed by atoms with E-state index >= 15 is 0 Å². The molecule has 0 heterocycles. The van der Waals surface area contributed by atoms with Crippen LogP contribution in [0.15, 0.2) is 34.9 Å². The molecule has 6 atom stereocenters. The van der Waals surface area contributed by atoms with E-state index in [1.54, 1.807) is 11.1 Å². The Kier molecular flexibility index (Phi) is 5.93. The number of rotatable bonds is 5. The molecule has 6 unspecified atom stereocenters. The smallest absolute Gasteiger partial charge is 0.0578 e. The van der Waals surface area contributed by atoms with Crippen molar-refractivity contribution < 1.29 is 5.11 Å². The zero-order valence-corrected chi connectivity index (χ0v) is 19.6. The Morgan fingerprint density at radius 3 is 2.62 bits per heavy atom. The Balaban J connectivity index is 1.48. The SMILES string of the molecule is C/C=C(/CCCC1CCC2C3=CC=C4CC(O)CCC4(C)C3CCC12C)C(C)C. The normalized spacial score (nSPS) is 42.1. The average molecular weight is 397 g/mol. The van der Waals surface area contributed by atoms with Crippen LogP contribution in [0.3, 0.4) is 0 Å². The molecule has 3 saturated carbocycles. The fourth-order valence-electron chi connectivity index (χ4n) is 7.88. The van der Waals surface area contributed by atoms with Gasteiger partial charge in [0.2, 0.25) is 0 Å². The molecule has 0 aliphatic heterocycles. The minimum Gasteiger partial charge on any atom is -0.393 e. The minimum atomic E-state index is -0.109. The summed E-state index contributed by atoms with van der Waals surface area (Å²) in [7, 11) is 0. The van der Waals surface area contributed by atoms with Gasteiger partial charge in [-0.05, 0) is 106 Å². The van der Waals surface area contributed by atoms with Crippen molar-refractivity contribution in [2.24, 2.45) is 34.5 Å². The largest absolute Gasteiger partial charge is 0.393 e. The second-order valence-corrected chi connectivity index (χ2v) is 11.5. The fraction of sp³-hybridized carbons (Fsp3) is 0.786. The molecule has 0 aromatic heterocycles. The molecule has 0 aromatic rings. The monoisotopic (exact) mass is 396 g/mol. The van der Waals surface area contributed by atoms with Crippen LogP contribution in [-0.4, -0.2) is 11.2 Å². The van der Waals surface area contributed by atoms with E-state index in [4.69, 9.17) is 0 Å². The van der Waals surface area contributed by atoms with E-state index in [2.05, 4.69) is 52.8 Å². The van der Waals surface area contributed by atoms with Gasteiger partial charge in [0.1, 0.15) is 0 Å². The third-order valence-corrected chi connectivity index (χ3v) is 9.87. The predicted molar refractivity (Wildman–Crippen MR) is 124 cm³/mol. The lowest BCUT2D eigenvalue weighted by Gasteiger charge is -2.54. The van der Waals surface area contributed by atoms with Crippen LogP contribution in [0.5, 0.6) is 0 Å². The summed E-state index contributed by atoms with van der Waals surface area (Å²) in [6, 6.07) is 0. The summed E-state index contributed by atoms with van der Waals surface area (Å²) < 4.78 is 0. The van der Waals surface area contributed by atoms with Gasteiger partial charge in [0, 0.05) is 0 Å². The minimum absolute atomic E-state index is 0.109. The molecule has 3 fully saturated rings.